The minimum Gasteiger partial charge on any atom is -0.480 e. The van der Waals surface area contributed by atoms with E-state index < -0.39 is 11.5 Å². The van der Waals surface area contributed by atoms with Crippen molar-refractivity contribution in [1.82, 2.24) is 5.32 Å². The SMILES string of the molecule is CC(C)CCNC(C)(C(=O)O)C1CC1. The summed E-state index contributed by atoms with van der Waals surface area (Å²) in [6.45, 7) is 6.91. The van der Waals surface area contributed by atoms with Crippen molar-refractivity contribution in [1.29, 1.82) is 0 Å². The zero-order valence-corrected chi connectivity index (χ0v) is 9.34. The van der Waals surface area contributed by atoms with Crippen molar-refractivity contribution in [3.63, 3.8) is 0 Å². The average Bonchev–Trinajstić information content (AvgIpc) is 2.84. The quantitative estimate of drug-likeness (QED) is 0.686. The first-order chi connectivity index (χ1) is 6.47. The fourth-order valence-corrected chi connectivity index (χ4v) is 1.68. The molecule has 0 radical (unpaired) electrons. The van der Waals surface area contributed by atoms with Gasteiger partial charge < -0.3 is 10.4 Å². The van der Waals surface area contributed by atoms with Crippen molar-refractivity contribution in [3.05, 3.63) is 0 Å². The Morgan fingerprint density at radius 1 is 1.57 bits per heavy atom. The molecule has 1 unspecified atom stereocenters. The third-order valence-electron chi connectivity index (χ3n) is 3.05. The lowest BCUT2D eigenvalue weighted by Crippen LogP contribution is -2.51. The summed E-state index contributed by atoms with van der Waals surface area (Å²) in [6, 6.07) is 0. The molecule has 0 aromatic heterocycles. The topological polar surface area (TPSA) is 49.3 Å². The number of aliphatic carboxylic acids is 1. The van der Waals surface area contributed by atoms with Crippen LogP contribution in [0.2, 0.25) is 0 Å². The zero-order chi connectivity index (χ0) is 10.8. The summed E-state index contributed by atoms with van der Waals surface area (Å²) < 4.78 is 0. The van der Waals surface area contributed by atoms with Crippen LogP contribution >= 0.6 is 0 Å². The molecule has 1 aliphatic carbocycles. The molecule has 1 aliphatic rings. The van der Waals surface area contributed by atoms with E-state index in [1.54, 1.807) is 0 Å². The van der Waals surface area contributed by atoms with E-state index in [-0.39, 0.29) is 0 Å². The Balaban J connectivity index is 2.40. The van der Waals surface area contributed by atoms with Gasteiger partial charge in [-0.05, 0) is 44.6 Å². The Bertz CT molecular complexity index is 211. The summed E-state index contributed by atoms with van der Waals surface area (Å²) in [5, 5.41) is 12.3. The van der Waals surface area contributed by atoms with Crippen molar-refractivity contribution >= 4 is 5.97 Å². The van der Waals surface area contributed by atoms with E-state index in [0.29, 0.717) is 11.8 Å². The van der Waals surface area contributed by atoms with Crippen LogP contribution in [0.3, 0.4) is 0 Å². The van der Waals surface area contributed by atoms with Crippen LogP contribution in [0, 0.1) is 11.8 Å². The lowest BCUT2D eigenvalue weighted by Gasteiger charge is -2.26. The highest BCUT2D eigenvalue weighted by Gasteiger charge is 2.46. The van der Waals surface area contributed by atoms with E-state index in [0.717, 1.165) is 25.8 Å². The first kappa shape index (κ1) is 11.5. The van der Waals surface area contributed by atoms with Crippen LogP contribution in [-0.4, -0.2) is 23.2 Å². The van der Waals surface area contributed by atoms with Gasteiger partial charge in [-0.1, -0.05) is 13.8 Å². The Morgan fingerprint density at radius 2 is 2.14 bits per heavy atom. The molecule has 0 heterocycles. The number of carboxylic acids is 1. The molecule has 1 fully saturated rings. The van der Waals surface area contributed by atoms with Gasteiger partial charge in [0.25, 0.3) is 0 Å². The monoisotopic (exact) mass is 199 g/mol. The maximum absolute atomic E-state index is 11.1. The molecule has 1 rings (SSSR count). The summed E-state index contributed by atoms with van der Waals surface area (Å²) in [4.78, 5) is 11.1. The molecule has 0 aromatic rings. The average molecular weight is 199 g/mol. The van der Waals surface area contributed by atoms with Gasteiger partial charge in [0, 0.05) is 0 Å². The molecule has 14 heavy (non-hydrogen) atoms. The number of carboxylic acid groups (broad SMARTS) is 1. The third kappa shape index (κ3) is 2.71. The molecule has 2 N–H and O–H groups in total. The minimum atomic E-state index is -0.705. The smallest absolute Gasteiger partial charge is 0.323 e. The zero-order valence-electron chi connectivity index (χ0n) is 9.34. The fraction of sp³-hybridized carbons (Fsp3) is 0.909. The molecule has 0 saturated heterocycles. The van der Waals surface area contributed by atoms with Crippen LogP contribution < -0.4 is 5.32 Å². The lowest BCUT2D eigenvalue weighted by molar-refractivity contribution is -0.145. The van der Waals surface area contributed by atoms with E-state index in [1.165, 1.54) is 0 Å². The van der Waals surface area contributed by atoms with Gasteiger partial charge in [-0.15, -0.1) is 0 Å². The Hall–Kier alpha value is -0.570. The van der Waals surface area contributed by atoms with E-state index in [9.17, 15) is 4.79 Å². The Morgan fingerprint density at radius 3 is 2.50 bits per heavy atom. The highest BCUT2D eigenvalue weighted by molar-refractivity contribution is 5.79. The van der Waals surface area contributed by atoms with Crippen LogP contribution in [0.4, 0.5) is 0 Å². The van der Waals surface area contributed by atoms with E-state index in [4.69, 9.17) is 5.11 Å². The predicted molar refractivity (Wildman–Crippen MR) is 56.2 cm³/mol. The first-order valence-electron chi connectivity index (χ1n) is 5.45. The van der Waals surface area contributed by atoms with Crippen molar-refractivity contribution in [3.8, 4) is 0 Å². The van der Waals surface area contributed by atoms with Crippen molar-refractivity contribution in [2.45, 2.75) is 45.6 Å². The molecule has 0 amide bonds. The minimum absolute atomic E-state index is 0.340. The maximum atomic E-state index is 11.1. The van der Waals surface area contributed by atoms with Crippen LogP contribution in [0.5, 0.6) is 0 Å². The Labute approximate surface area is 85.9 Å². The van der Waals surface area contributed by atoms with Crippen LogP contribution in [0.15, 0.2) is 0 Å². The van der Waals surface area contributed by atoms with Crippen molar-refractivity contribution in [2.75, 3.05) is 6.54 Å². The van der Waals surface area contributed by atoms with Gasteiger partial charge in [-0.25, -0.2) is 0 Å². The second kappa shape index (κ2) is 4.30. The summed E-state index contributed by atoms with van der Waals surface area (Å²) in [5.74, 6) is 0.260. The lowest BCUT2D eigenvalue weighted by atomic mass is 9.95. The second-order valence-electron chi connectivity index (χ2n) is 4.89. The molecule has 0 spiro atoms. The largest absolute Gasteiger partial charge is 0.480 e. The van der Waals surface area contributed by atoms with Gasteiger partial charge in [0.1, 0.15) is 5.54 Å². The predicted octanol–water partition coefficient (Wildman–Crippen LogP) is 1.88. The van der Waals surface area contributed by atoms with Gasteiger partial charge in [0.15, 0.2) is 0 Å². The highest BCUT2D eigenvalue weighted by atomic mass is 16.4. The second-order valence-corrected chi connectivity index (χ2v) is 4.89. The van der Waals surface area contributed by atoms with Gasteiger partial charge in [-0.3, -0.25) is 4.79 Å². The molecule has 0 aliphatic heterocycles. The number of carbonyl (C=O) groups is 1. The van der Waals surface area contributed by atoms with E-state index in [2.05, 4.69) is 19.2 Å². The van der Waals surface area contributed by atoms with Gasteiger partial charge in [-0.2, -0.15) is 0 Å². The van der Waals surface area contributed by atoms with Crippen LogP contribution in [0.25, 0.3) is 0 Å². The van der Waals surface area contributed by atoms with Crippen molar-refractivity contribution < 1.29 is 9.90 Å². The van der Waals surface area contributed by atoms with Gasteiger partial charge in [0.05, 0.1) is 0 Å². The van der Waals surface area contributed by atoms with E-state index in [1.807, 2.05) is 6.92 Å². The summed E-state index contributed by atoms with van der Waals surface area (Å²) >= 11 is 0. The molecule has 0 bridgehead atoms. The Kier molecular flexibility index (Phi) is 3.53. The molecule has 82 valence electrons. The summed E-state index contributed by atoms with van der Waals surface area (Å²) in [7, 11) is 0. The number of hydrogen-bond acceptors (Lipinski definition) is 2. The van der Waals surface area contributed by atoms with Crippen LogP contribution in [0.1, 0.15) is 40.0 Å². The van der Waals surface area contributed by atoms with Crippen molar-refractivity contribution in [2.24, 2.45) is 11.8 Å². The van der Waals surface area contributed by atoms with Gasteiger partial charge >= 0.3 is 5.97 Å². The van der Waals surface area contributed by atoms with E-state index >= 15 is 0 Å². The molecule has 3 heteroatoms. The molecule has 3 nitrogen and oxygen atoms in total. The molecule has 1 atom stereocenters. The molecule has 0 aromatic carbocycles. The normalized spacial score (nSPS) is 20.9. The maximum Gasteiger partial charge on any atom is 0.323 e. The first-order valence-corrected chi connectivity index (χ1v) is 5.45. The van der Waals surface area contributed by atoms with Crippen LogP contribution in [-0.2, 0) is 4.79 Å². The molecule has 1 saturated carbocycles. The number of hydrogen-bond donors (Lipinski definition) is 2. The summed E-state index contributed by atoms with van der Waals surface area (Å²) in [5.41, 5.74) is -0.686. The highest BCUT2D eigenvalue weighted by Crippen LogP contribution is 2.39. The number of rotatable bonds is 6. The van der Waals surface area contributed by atoms with Gasteiger partial charge in [0.2, 0.25) is 0 Å². The molecular formula is C11H21NO2. The molecular weight excluding hydrogens is 178 g/mol. The standard InChI is InChI=1S/C11H21NO2/c1-8(2)6-7-12-11(3,10(13)14)9-4-5-9/h8-9,12H,4-7H2,1-3H3,(H,13,14). The fourth-order valence-electron chi connectivity index (χ4n) is 1.68. The third-order valence-corrected chi connectivity index (χ3v) is 3.05. The number of nitrogens with one attached hydrogen (secondary N) is 1. The summed E-state index contributed by atoms with van der Waals surface area (Å²) in [6.07, 6.45) is 3.14.